The Balaban J connectivity index is 3.99. The molecule has 0 heterocycles. The van der Waals surface area contributed by atoms with Crippen molar-refractivity contribution in [1.29, 1.82) is 0 Å². The van der Waals surface area contributed by atoms with Crippen molar-refractivity contribution in [3.63, 3.8) is 0 Å². The van der Waals surface area contributed by atoms with E-state index < -0.39 is 18.0 Å². The van der Waals surface area contributed by atoms with Crippen molar-refractivity contribution in [3.05, 3.63) is 0 Å². The SMILES string of the molecule is O=C(O)C(NP)C(=O)O. The number of nitrogens with one attached hydrogen (secondary N) is 1. The van der Waals surface area contributed by atoms with Gasteiger partial charge in [-0.15, -0.1) is 0 Å². The number of carboxylic acids is 2. The summed E-state index contributed by atoms with van der Waals surface area (Å²) in [5, 5.41) is 18.2. The number of rotatable bonds is 3. The van der Waals surface area contributed by atoms with Gasteiger partial charge in [0.2, 0.25) is 6.04 Å². The Morgan fingerprint density at radius 2 is 1.67 bits per heavy atom. The van der Waals surface area contributed by atoms with Crippen LogP contribution in [-0.2, 0) is 9.59 Å². The van der Waals surface area contributed by atoms with Crippen LogP contribution in [-0.4, -0.2) is 28.2 Å². The first-order valence-electron chi connectivity index (χ1n) is 2.01. The van der Waals surface area contributed by atoms with Gasteiger partial charge in [-0.1, -0.05) is 9.39 Å². The second kappa shape index (κ2) is 3.37. The Morgan fingerprint density at radius 1 is 1.33 bits per heavy atom. The highest BCUT2D eigenvalue weighted by atomic mass is 31.0. The molecular formula is C3H6NO4P. The van der Waals surface area contributed by atoms with Crippen LogP contribution in [0.1, 0.15) is 0 Å². The highest BCUT2D eigenvalue weighted by Gasteiger charge is 2.22. The predicted octanol–water partition coefficient (Wildman–Crippen LogP) is -1.10. The van der Waals surface area contributed by atoms with E-state index in [1.165, 1.54) is 0 Å². The molecular weight excluding hydrogens is 145 g/mol. The first kappa shape index (κ1) is 8.33. The highest BCUT2D eigenvalue weighted by Crippen LogP contribution is 1.86. The molecule has 9 heavy (non-hydrogen) atoms. The first-order valence-corrected chi connectivity index (χ1v) is 2.59. The number of carbonyl (C=O) groups is 2. The lowest BCUT2D eigenvalue weighted by molar-refractivity contribution is -0.150. The summed E-state index contributed by atoms with van der Waals surface area (Å²) >= 11 is 0. The van der Waals surface area contributed by atoms with Gasteiger partial charge in [0.25, 0.3) is 0 Å². The van der Waals surface area contributed by atoms with E-state index in [0.29, 0.717) is 0 Å². The molecule has 0 aliphatic carbocycles. The van der Waals surface area contributed by atoms with Gasteiger partial charge in [0, 0.05) is 0 Å². The summed E-state index contributed by atoms with van der Waals surface area (Å²) in [5.41, 5.74) is 0. The predicted molar refractivity (Wildman–Crippen MR) is 31.9 cm³/mol. The lowest BCUT2D eigenvalue weighted by Gasteiger charge is -2.02. The molecule has 0 saturated heterocycles. The molecule has 1 atom stereocenters. The second-order valence-corrected chi connectivity index (χ2v) is 1.61. The smallest absolute Gasteiger partial charge is 0.332 e. The quantitative estimate of drug-likeness (QED) is 0.352. The Morgan fingerprint density at radius 3 is 1.67 bits per heavy atom. The molecule has 0 amide bonds. The van der Waals surface area contributed by atoms with Crippen molar-refractivity contribution in [2.24, 2.45) is 0 Å². The molecule has 3 N–H and O–H groups in total. The van der Waals surface area contributed by atoms with E-state index in [-0.39, 0.29) is 0 Å². The number of hydrogen-bond donors (Lipinski definition) is 3. The monoisotopic (exact) mass is 151 g/mol. The van der Waals surface area contributed by atoms with Crippen molar-refractivity contribution in [3.8, 4) is 0 Å². The van der Waals surface area contributed by atoms with E-state index in [1.54, 1.807) is 0 Å². The van der Waals surface area contributed by atoms with E-state index in [0.717, 1.165) is 0 Å². The summed E-state index contributed by atoms with van der Waals surface area (Å²) in [5.74, 6) is -2.81. The van der Waals surface area contributed by atoms with Crippen LogP contribution in [0.25, 0.3) is 0 Å². The van der Waals surface area contributed by atoms with Crippen LogP contribution in [0.2, 0.25) is 0 Å². The summed E-state index contributed by atoms with van der Waals surface area (Å²) in [6.45, 7) is 0. The van der Waals surface area contributed by atoms with Gasteiger partial charge in [-0.25, -0.2) is 9.59 Å². The fourth-order valence-electron chi connectivity index (χ4n) is 0.248. The third-order valence-corrected chi connectivity index (χ3v) is 0.994. The Bertz CT molecular complexity index is 122. The minimum atomic E-state index is -1.53. The van der Waals surface area contributed by atoms with Crippen molar-refractivity contribution in [1.82, 2.24) is 5.09 Å². The van der Waals surface area contributed by atoms with Gasteiger partial charge in [0.05, 0.1) is 0 Å². The minimum absolute atomic E-state index is 1.41. The van der Waals surface area contributed by atoms with E-state index in [2.05, 4.69) is 0 Å². The minimum Gasteiger partial charge on any atom is -0.480 e. The van der Waals surface area contributed by atoms with Crippen molar-refractivity contribution in [2.45, 2.75) is 6.04 Å². The lowest BCUT2D eigenvalue weighted by atomic mass is 10.3. The zero-order valence-corrected chi connectivity index (χ0v) is 5.52. The van der Waals surface area contributed by atoms with E-state index in [1.807, 2.05) is 14.5 Å². The summed E-state index contributed by atoms with van der Waals surface area (Å²) in [6, 6.07) is -1.53. The van der Waals surface area contributed by atoms with Crippen LogP contribution in [0.3, 0.4) is 0 Å². The van der Waals surface area contributed by atoms with Crippen LogP contribution < -0.4 is 5.09 Å². The molecule has 0 rings (SSSR count). The van der Waals surface area contributed by atoms with Crippen LogP contribution in [0.15, 0.2) is 0 Å². The van der Waals surface area contributed by atoms with Gasteiger partial charge in [-0.3, -0.25) is 5.09 Å². The van der Waals surface area contributed by atoms with Gasteiger partial charge >= 0.3 is 11.9 Å². The molecule has 0 spiro atoms. The molecule has 0 aliphatic rings. The molecule has 0 aromatic rings. The fraction of sp³-hybridized carbons (Fsp3) is 0.333. The number of carboxylic acid groups (broad SMARTS) is 2. The molecule has 6 heteroatoms. The van der Waals surface area contributed by atoms with Crippen LogP contribution >= 0.6 is 9.39 Å². The lowest BCUT2D eigenvalue weighted by Crippen LogP contribution is -2.38. The Hall–Kier alpha value is -0.670. The van der Waals surface area contributed by atoms with Crippen LogP contribution in [0.4, 0.5) is 0 Å². The molecule has 0 fully saturated rings. The Kier molecular flexibility index (Phi) is 3.12. The molecule has 1 unspecified atom stereocenters. The van der Waals surface area contributed by atoms with Gasteiger partial charge in [-0.05, 0) is 0 Å². The Labute approximate surface area is 53.3 Å². The number of hydrogen-bond acceptors (Lipinski definition) is 3. The van der Waals surface area contributed by atoms with Crippen molar-refractivity contribution in [2.75, 3.05) is 0 Å². The fourth-order valence-corrected chi connectivity index (χ4v) is 0.533. The highest BCUT2D eigenvalue weighted by molar-refractivity contribution is 7.13. The number of aliphatic carboxylic acids is 2. The van der Waals surface area contributed by atoms with Crippen LogP contribution in [0, 0.1) is 0 Å². The normalized spacial score (nSPS) is 9.56. The average molecular weight is 151 g/mol. The summed E-state index contributed by atoms with van der Waals surface area (Å²) < 4.78 is 0. The molecule has 5 nitrogen and oxygen atoms in total. The summed E-state index contributed by atoms with van der Waals surface area (Å²) in [7, 11) is 1.82. The van der Waals surface area contributed by atoms with Gasteiger partial charge in [-0.2, -0.15) is 0 Å². The molecule has 0 bridgehead atoms. The average Bonchev–Trinajstić information content (AvgIpc) is 1.64. The van der Waals surface area contributed by atoms with Crippen molar-refractivity contribution >= 4 is 21.3 Å². The third kappa shape index (κ3) is 2.39. The van der Waals surface area contributed by atoms with Gasteiger partial charge < -0.3 is 10.2 Å². The standard InChI is InChI=1S/C3H6NO4P/c5-2(6)1(4-9)3(7)8/h1,4H,9H2,(H,5,6)(H,7,8). The van der Waals surface area contributed by atoms with E-state index >= 15 is 0 Å². The van der Waals surface area contributed by atoms with Gasteiger partial charge in [0.1, 0.15) is 0 Å². The molecule has 0 aromatic carbocycles. The summed E-state index contributed by atoms with van der Waals surface area (Å²) in [6.07, 6.45) is 0. The van der Waals surface area contributed by atoms with Gasteiger partial charge in [0.15, 0.2) is 0 Å². The second-order valence-electron chi connectivity index (χ2n) is 1.28. The largest absolute Gasteiger partial charge is 0.480 e. The molecule has 0 aliphatic heterocycles. The zero-order chi connectivity index (χ0) is 7.44. The molecule has 52 valence electrons. The first-order chi connectivity index (χ1) is 4.09. The molecule has 0 saturated carbocycles. The van der Waals surface area contributed by atoms with E-state index in [9.17, 15) is 9.59 Å². The molecule has 0 radical (unpaired) electrons. The summed E-state index contributed by atoms with van der Waals surface area (Å²) in [4.78, 5) is 19.8. The van der Waals surface area contributed by atoms with Crippen LogP contribution in [0.5, 0.6) is 0 Å². The maximum atomic E-state index is 9.92. The topological polar surface area (TPSA) is 86.6 Å². The zero-order valence-electron chi connectivity index (χ0n) is 4.37. The maximum Gasteiger partial charge on any atom is 0.332 e. The maximum absolute atomic E-state index is 9.92. The molecule has 0 aromatic heterocycles. The third-order valence-electron chi connectivity index (χ3n) is 0.661. The van der Waals surface area contributed by atoms with E-state index in [4.69, 9.17) is 10.2 Å². The van der Waals surface area contributed by atoms with Crippen molar-refractivity contribution < 1.29 is 19.8 Å².